The lowest BCUT2D eigenvalue weighted by molar-refractivity contribution is -0.141. The maximum absolute atomic E-state index is 13.1. The van der Waals surface area contributed by atoms with Crippen LogP contribution in [0.3, 0.4) is 0 Å². The number of hydrogen-bond donors (Lipinski definition) is 1. The van der Waals surface area contributed by atoms with E-state index in [1.165, 1.54) is 0 Å². The average Bonchev–Trinajstić information content (AvgIpc) is 3.42. The van der Waals surface area contributed by atoms with Crippen LogP contribution in [0.1, 0.15) is 37.1 Å². The topological polar surface area (TPSA) is 102 Å². The van der Waals surface area contributed by atoms with Crippen molar-refractivity contribution in [3.8, 4) is 11.4 Å². The molecule has 4 aromatic heterocycles. The number of pyridine rings is 1. The Bertz CT molecular complexity index is 1450. The van der Waals surface area contributed by atoms with Crippen molar-refractivity contribution in [2.45, 2.75) is 36.9 Å². The average molecular weight is 449 g/mol. The van der Waals surface area contributed by atoms with Crippen molar-refractivity contribution in [3.63, 3.8) is 0 Å². The lowest BCUT2D eigenvalue weighted by Crippen LogP contribution is -2.07. The Balaban J connectivity index is 1.84. The Morgan fingerprint density at radius 1 is 1.29 bits per heavy atom. The molecule has 1 N–H and O–H groups in total. The van der Waals surface area contributed by atoms with Gasteiger partial charge in [0.05, 0.1) is 32.5 Å². The van der Waals surface area contributed by atoms with E-state index in [1.807, 2.05) is 6.07 Å². The highest BCUT2D eigenvalue weighted by molar-refractivity contribution is 7.92. The Morgan fingerprint density at radius 2 is 2.03 bits per heavy atom. The summed E-state index contributed by atoms with van der Waals surface area (Å²) in [5.74, 6) is 0.593. The van der Waals surface area contributed by atoms with Crippen LogP contribution in [-0.4, -0.2) is 39.1 Å². The fourth-order valence-electron chi connectivity index (χ4n) is 3.66. The van der Waals surface area contributed by atoms with Crippen molar-refractivity contribution in [2.24, 2.45) is 7.05 Å². The number of imidazole rings is 1. The molecule has 31 heavy (non-hydrogen) atoms. The first kappa shape index (κ1) is 19.9. The molecule has 0 amide bonds. The summed E-state index contributed by atoms with van der Waals surface area (Å²) < 4.78 is 64.0. The molecule has 1 aliphatic carbocycles. The van der Waals surface area contributed by atoms with Crippen molar-refractivity contribution in [2.75, 3.05) is 5.75 Å². The van der Waals surface area contributed by atoms with Gasteiger partial charge in [0.1, 0.15) is 11.5 Å². The van der Waals surface area contributed by atoms with Crippen molar-refractivity contribution in [1.82, 2.24) is 29.1 Å². The smallest absolute Gasteiger partial charge is 0.326 e. The van der Waals surface area contributed by atoms with Crippen LogP contribution in [0, 0.1) is 4.78 Å². The molecule has 4 aromatic rings. The molecule has 0 aromatic carbocycles. The van der Waals surface area contributed by atoms with E-state index in [9.17, 15) is 17.4 Å². The molecule has 1 atom stereocenters. The van der Waals surface area contributed by atoms with Crippen LogP contribution < -0.4 is 0 Å². The maximum Gasteiger partial charge on any atom is 0.433 e. The van der Waals surface area contributed by atoms with Crippen LogP contribution >= 0.6 is 0 Å². The highest BCUT2D eigenvalue weighted by atomic mass is 32.2. The maximum atomic E-state index is 13.1. The Kier molecular flexibility index (Phi) is 4.17. The third-order valence-electron chi connectivity index (χ3n) is 5.51. The summed E-state index contributed by atoms with van der Waals surface area (Å²) in [7, 11) is -1.63. The van der Waals surface area contributed by atoms with Crippen LogP contribution in [-0.2, 0) is 23.0 Å². The van der Waals surface area contributed by atoms with Gasteiger partial charge in [-0.3, -0.25) is 0 Å². The van der Waals surface area contributed by atoms with Crippen LogP contribution in [0.5, 0.6) is 0 Å². The molecule has 1 fully saturated rings. The summed E-state index contributed by atoms with van der Waals surface area (Å²) in [6.45, 7) is 1.63. The van der Waals surface area contributed by atoms with E-state index in [0.717, 1.165) is 30.8 Å². The summed E-state index contributed by atoms with van der Waals surface area (Å²) in [5.41, 5.74) is 1.02. The molecule has 0 aliphatic heterocycles. The van der Waals surface area contributed by atoms with Crippen LogP contribution in [0.4, 0.5) is 13.2 Å². The number of nitrogens with one attached hydrogen (secondary N) is 1. The summed E-state index contributed by atoms with van der Waals surface area (Å²) in [6, 6.07) is 2.72. The second kappa shape index (κ2) is 6.49. The zero-order chi connectivity index (χ0) is 22.1. The Labute approximate surface area is 175 Å². The first-order chi connectivity index (χ1) is 14.6. The minimum absolute atomic E-state index is 0.0341. The number of halogens is 3. The number of hydrogen-bond acceptors (Lipinski definition) is 6. The molecule has 5 rings (SSSR count). The summed E-state index contributed by atoms with van der Waals surface area (Å²) in [4.78, 5) is 12.3. The lowest BCUT2D eigenvalue weighted by Gasteiger charge is -2.06. The fraction of sp³-hybridized carbons (Fsp3) is 0.368. The molecule has 1 aliphatic rings. The molecule has 0 saturated heterocycles. The summed E-state index contributed by atoms with van der Waals surface area (Å²) in [6.07, 6.45) is 0.153. The zero-order valence-corrected chi connectivity index (χ0v) is 17.5. The molecule has 1 unspecified atom stereocenters. The third-order valence-corrected chi connectivity index (χ3v) is 7.23. The zero-order valence-electron chi connectivity index (χ0n) is 16.6. The molecule has 0 radical (unpaired) electrons. The SMILES string of the molecule is CCS(=N)(=O)c1nn2c(C3CC3)ccnc2c1-c1nc2cc(C(F)(F)F)ncc2n1C. The van der Waals surface area contributed by atoms with Gasteiger partial charge in [-0.15, -0.1) is 0 Å². The van der Waals surface area contributed by atoms with E-state index in [-0.39, 0.29) is 22.1 Å². The van der Waals surface area contributed by atoms with Crippen molar-refractivity contribution in [3.05, 3.63) is 35.9 Å². The second-order valence-electron chi connectivity index (χ2n) is 7.57. The molecule has 1 saturated carbocycles. The third kappa shape index (κ3) is 3.08. The Morgan fingerprint density at radius 3 is 2.68 bits per heavy atom. The first-order valence-electron chi connectivity index (χ1n) is 9.66. The number of rotatable bonds is 4. The molecule has 0 bridgehead atoms. The van der Waals surface area contributed by atoms with Crippen LogP contribution in [0.15, 0.2) is 29.6 Å². The van der Waals surface area contributed by atoms with E-state index >= 15 is 0 Å². The van der Waals surface area contributed by atoms with Gasteiger partial charge in [0.15, 0.2) is 10.7 Å². The monoisotopic (exact) mass is 449 g/mol. The van der Waals surface area contributed by atoms with E-state index in [4.69, 9.17) is 4.78 Å². The standard InChI is InChI=1S/C19H18F3N7OS/c1-3-31(23,30)18-15(16-24-7-6-12(10-4-5-10)29(16)27-18)17-26-11-8-14(19(20,21)22)25-9-13(11)28(17)2/h6-10,23H,3-5H2,1-2H3. The summed E-state index contributed by atoms with van der Waals surface area (Å²) in [5, 5.41) is 4.54. The van der Waals surface area contributed by atoms with Gasteiger partial charge < -0.3 is 4.57 Å². The van der Waals surface area contributed by atoms with E-state index in [2.05, 4.69) is 20.1 Å². The fourth-order valence-corrected chi connectivity index (χ4v) is 4.66. The van der Waals surface area contributed by atoms with Gasteiger partial charge in [-0.2, -0.15) is 18.3 Å². The molecule has 0 spiro atoms. The van der Waals surface area contributed by atoms with E-state index in [0.29, 0.717) is 22.6 Å². The highest BCUT2D eigenvalue weighted by Gasteiger charge is 2.34. The number of aromatic nitrogens is 6. The predicted molar refractivity (Wildman–Crippen MR) is 107 cm³/mol. The van der Waals surface area contributed by atoms with Crippen molar-refractivity contribution < 1.29 is 17.4 Å². The van der Waals surface area contributed by atoms with E-state index in [1.54, 1.807) is 29.3 Å². The number of nitrogens with zero attached hydrogens (tertiary/aromatic N) is 6. The largest absolute Gasteiger partial charge is 0.433 e. The molecule has 162 valence electrons. The highest BCUT2D eigenvalue weighted by Crippen LogP contribution is 2.41. The minimum Gasteiger partial charge on any atom is -0.326 e. The first-order valence-corrected chi connectivity index (χ1v) is 11.4. The quantitative estimate of drug-likeness (QED) is 0.507. The van der Waals surface area contributed by atoms with Crippen LogP contribution in [0.2, 0.25) is 0 Å². The molecular formula is C19H18F3N7OS. The molecule has 8 nitrogen and oxygen atoms in total. The molecule has 12 heteroatoms. The Hall–Kier alpha value is -3.02. The van der Waals surface area contributed by atoms with Gasteiger partial charge in [0, 0.05) is 30.6 Å². The minimum atomic E-state index is -4.60. The number of alkyl halides is 3. The van der Waals surface area contributed by atoms with Crippen molar-refractivity contribution >= 4 is 26.4 Å². The van der Waals surface area contributed by atoms with Gasteiger partial charge >= 0.3 is 6.18 Å². The van der Waals surface area contributed by atoms with Crippen LogP contribution in [0.25, 0.3) is 28.1 Å². The predicted octanol–water partition coefficient (Wildman–Crippen LogP) is 4.00. The molecular weight excluding hydrogens is 431 g/mol. The van der Waals surface area contributed by atoms with Gasteiger partial charge in [0.2, 0.25) is 0 Å². The van der Waals surface area contributed by atoms with Gasteiger partial charge in [-0.1, -0.05) is 6.92 Å². The van der Waals surface area contributed by atoms with Crippen molar-refractivity contribution in [1.29, 1.82) is 4.78 Å². The van der Waals surface area contributed by atoms with Gasteiger partial charge in [0.25, 0.3) is 0 Å². The van der Waals surface area contributed by atoms with Gasteiger partial charge in [-0.05, 0) is 25.0 Å². The molecule has 4 heterocycles. The number of fused-ring (bicyclic) bond motifs is 2. The normalized spacial score (nSPS) is 16.8. The summed E-state index contributed by atoms with van der Waals surface area (Å²) >= 11 is 0. The number of aryl methyl sites for hydroxylation is 1. The lowest BCUT2D eigenvalue weighted by atomic mass is 10.2. The second-order valence-corrected chi connectivity index (χ2v) is 9.89. The van der Waals surface area contributed by atoms with Gasteiger partial charge in [-0.25, -0.2) is 28.5 Å². The van der Waals surface area contributed by atoms with E-state index < -0.39 is 21.6 Å².